The second-order valence-electron chi connectivity index (χ2n) is 4.90. The lowest BCUT2D eigenvalue weighted by Crippen LogP contribution is -2.26. The summed E-state index contributed by atoms with van der Waals surface area (Å²) in [5.74, 6) is 0. The average molecular weight is 254 g/mol. The van der Waals surface area contributed by atoms with Crippen LogP contribution in [0.15, 0.2) is 54.9 Å². The lowest BCUT2D eigenvalue weighted by molar-refractivity contribution is 0.489. The maximum Gasteiger partial charge on any atom is 0.0270 e. The number of nitrogens with zero attached hydrogens (tertiary/aromatic N) is 1. The number of aromatic nitrogens is 1. The van der Waals surface area contributed by atoms with Crippen molar-refractivity contribution < 1.29 is 0 Å². The zero-order valence-corrected chi connectivity index (χ0v) is 11.5. The standard InChI is InChI=1S/C17H22N2/c1-18-17(9-7-15-5-3-2-4-6-15)10-8-16-11-13-19-14-12-16/h2-6,11-14,17-18H,7-10H2,1H3. The van der Waals surface area contributed by atoms with Crippen molar-refractivity contribution in [3.63, 3.8) is 0 Å². The van der Waals surface area contributed by atoms with Gasteiger partial charge in [0.1, 0.15) is 0 Å². The molecule has 0 aliphatic heterocycles. The van der Waals surface area contributed by atoms with Crippen LogP contribution in [0.2, 0.25) is 0 Å². The molecule has 0 fully saturated rings. The van der Waals surface area contributed by atoms with Gasteiger partial charge in [0.25, 0.3) is 0 Å². The van der Waals surface area contributed by atoms with Crippen molar-refractivity contribution in [2.45, 2.75) is 31.7 Å². The quantitative estimate of drug-likeness (QED) is 0.820. The fourth-order valence-corrected chi connectivity index (χ4v) is 2.31. The molecule has 1 heterocycles. The Bertz CT molecular complexity index is 410. The van der Waals surface area contributed by atoms with E-state index in [4.69, 9.17) is 0 Å². The minimum Gasteiger partial charge on any atom is -0.317 e. The van der Waals surface area contributed by atoms with Crippen LogP contribution in [-0.2, 0) is 12.8 Å². The molecule has 2 nitrogen and oxygen atoms in total. The van der Waals surface area contributed by atoms with E-state index in [1.165, 1.54) is 24.0 Å². The van der Waals surface area contributed by atoms with Gasteiger partial charge in [-0.2, -0.15) is 0 Å². The third-order valence-corrected chi connectivity index (χ3v) is 3.56. The van der Waals surface area contributed by atoms with Crippen LogP contribution in [-0.4, -0.2) is 18.1 Å². The first kappa shape index (κ1) is 13.8. The summed E-state index contributed by atoms with van der Waals surface area (Å²) in [6.45, 7) is 0. The van der Waals surface area contributed by atoms with Crippen molar-refractivity contribution in [1.82, 2.24) is 10.3 Å². The highest BCUT2D eigenvalue weighted by molar-refractivity contribution is 5.15. The van der Waals surface area contributed by atoms with Gasteiger partial charge in [0, 0.05) is 18.4 Å². The molecule has 0 saturated carbocycles. The van der Waals surface area contributed by atoms with E-state index in [-0.39, 0.29) is 0 Å². The third kappa shape index (κ3) is 4.84. The van der Waals surface area contributed by atoms with Crippen molar-refractivity contribution in [3.05, 3.63) is 66.0 Å². The summed E-state index contributed by atoms with van der Waals surface area (Å²) in [7, 11) is 2.06. The predicted octanol–water partition coefficient (Wildman–Crippen LogP) is 3.24. The van der Waals surface area contributed by atoms with Crippen LogP contribution in [0.25, 0.3) is 0 Å². The normalized spacial score (nSPS) is 12.3. The molecule has 0 aliphatic carbocycles. The number of nitrogens with one attached hydrogen (secondary N) is 1. The molecule has 1 unspecified atom stereocenters. The van der Waals surface area contributed by atoms with Gasteiger partial charge in [-0.05, 0) is 56.0 Å². The van der Waals surface area contributed by atoms with Crippen molar-refractivity contribution in [3.8, 4) is 0 Å². The van der Waals surface area contributed by atoms with Gasteiger partial charge in [-0.1, -0.05) is 30.3 Å². The Morgan fingerprint density at radius 3 is 2.05 bits per heavy atom. The molecule has 0 radical (unpaired) electrons. The summed E-state index contributed by atoms with van der Waals surface area (Å²) < 4.78 is 0. The summed E-state index contributed by atoms with van der Waals surface area (Å²) in [6, 6.07) is 15.5. The van der Waals surface area contributed by atoms with E-state index in [0.717, 1.165) is 12.8 Å². The summed E-state index contributed by atoms with van der Waals surface area (Å²) in [6.07, 6.45) is 8.35. The molecule has 100 valence electrons. The fraction of sp³-hybridized carbons (Fsp3) is 0.353. The second kappa shape index (κ2) is 7.70. The SMILES string of the molecule is CNC(CCc1ccccc1)CCc1ccncc1. The van der Waals surface area contributed by atoms with Gasteiger partial charge in [-0.3, -0.25) is 4.98 Å². The molecule has 0 amide bonds. The molecule has 2 aromatic rings. The minimum atomic E-state index is 0.577. The highest BCUT2D eigenvalue weighted by atomic mass is 14.9. The Hall–Kier alpha value is -1.67. The fourth-order valence-electron chi connectivity index (χ4n) is 2.31. The summed E-state index contributed by atoms with van der Waals surface area (Å²) in [5, 5.41) is 3.43. The molecule has 1 N–H and O–H groups in total. The van der Waals surface area contributed by atoms with E-state index in [1.54, 1.807) is 0 Å². The number of benzene rings is 1. The summed E-state index contributed by atoms with van der Waals surface area (Å²) in [4.78, 5) is 4.05. The maximum atomic E-state index is 4.05. The van der Waals surface area contributed by atoms with E-state index < -0.39 is 0 Å². The molecular weight excluding hydrogens is 232 g/mol. The topological polar surface area (TPSA) is 24.9 Å². The number of aryl methyl sites for hydroxylation is 2. The Morgan fingerprint density at radius 1 is 0.895 bits per heavy atom. The lowest BCUT2D eigenvalue weighted by Gasteiger charge is -2.16. The van der Waals surface area contributed by atoms with Gasteiger partial charge >= 0.3 is 0 Å². The molecule has 0 bridgehead atoms. The Balaban J connectivity index is 1.77. The van der Waals surface area contributed by atoms with E-state index >= 15 is 0 Å². The van der Waals surface area contributed by atoms with E-state index in [0.29, 0.717) is 6.04 Å². The van der Waals surface area contributed by atoms with Gasteiger partial charge in [-0.15, -0.1) is 0 Å². The van der Waals surface area contributed by atoms with Gasteiger partial charge < -0.3 is 5.32 Å². The molecule has 19 heavy (non-hydrogen) atoms. The van der Waals surface area contributed by atoms with Crippen LogP contribution in [0.3, 0.4) is 0 Å². The molecule has 0 saturated heterocycles. The number of rotatable bonds is 7. The van der Waals surface area contributed by atoms with Crippen LogP contribution in [0.1, 0.15) is 24.0 Å². The Kier molecular flexibility index (Phi) is 5.57. The zero-order valence-electron chi connectivity index (χ0n) is 11.5. The molecule has 0 spiro atoms. The van der Waals surface area contributed by atoms with Crippen molar-refractivity contribution in [1.29, 1.82) is 0 Å². The number of hydrogen-bond acceptors (Lipinski definition) is 2. The van der Waals surface area contributed by atoms with Gasteiger partial charge in [0.2, 0.25) is 0 Å². The predicted molar refractivity (Wildman–Crippen MR) is 80.2 cm³/mol. The maximum absolute atomic E-state index is 4.05. The lowest BCUT2D eigenvalue weighted by atomic mass is 10.00. The van der Waals surface area contributed by atoms with Gasteiger partial charge in [-0.25, -0.2) is 0 Å². The van der Waals surface area contributed by atoms with Crippen LogP contribution < -0.4 is 5.32 Å². The monoisotopic (exact) mass is 254 g/mol. The van der Waals surface area contributed by atoms with Crippen LogP contribution in [0.4, 0.5) is 0 Å². The van der Waals surface area contributed by atoms with Crippen molar-refractivity contribution in [2.75, 3.05) is 7.05 Å². The highest BCUT2D eigenvalue weighted by Crippen LogP contribution is 2.10. The van der Waals surface area contributed by atoms with E-state index in [9.17, 15) is 0 Å². The van der Waals surface area contributed by atoms with Crippen LogP contribution in [0, 0.1) is 0 Å². The number of pyridine rings is 1. The van der Waals surface area contributed by atoms with E-state index in [1.807, 2.05) is 12.4 Å². The molecule has 0 aliphatic rings. The largest absolute Gasteiger partial charge is 0.317 e. The first-order valence-corrected chi connectivity index (χ1v) is 6.98. The first-order chi connectivity index (χ1) is 9.38. The zero-order chi connectivity index (χ0) is 13.3. The average Bonchev–Trinajstić information content (AvgIpc) is 2.49. The second-order valence-corrected chi connectivity index (χ2v) is 4.90. The van der Waals surface area contributed by atoms with Gasteiger partial charge in [0.05, 0.1) is 0 Å². The number of hydrogen-bond donors (Lipinski definition) is 1. The van der Waals surface area contributed by atoms with Crippen molar-refractivity contribution >= 4 is 0 Å². The molecule has 1 aromatic heterocycles. The highest BCUT2D eigenvalue weighted by Gasteiger charge is 2.06. The molecule has 1 aromatic carbocycles. The van der Waals surface area contributed by atoms with Crippen molar-refractivity contribution in [2.24, 2.45) is 0 Å². The van der Waals surface area contributed by atoms with Gasteiger partial charge in [0.15, 0.2) is 0 Å². The summed E-state index contributed by atoms with van der Waals surface area (Å²) in [5.41, 5.74) is 2.79. The van der Waals surface area contributed by atoms with Crippen LogP contribution in [0.5, 0.6) is 0 Å². The van der Waals surface area contributed by atoms with Crippen LogP contribution >= 0.6 is 0 Å². The molecule has 2 rings (SSSR count). The first-order valence-electron chi connectivity index (χ1n) is 6.98. The smallest absolute Gasteiger partial charge is 0.0270 e. The minimum absolute atomic E-state index is 0.577. The third-order valence-electron chi connectivity index (χ3n) is 3.56. The molecule has 1 atom stereocenters. The molecule has 2 heteroatoms. The van der Waals surface area contributed by atoms with E-state index in [2.05, 4.69) is 59.8 Å². The Morgan fingerprint density at radius 2 is 1.47 bits per heavy atom. The molecular formula is C17H22N2. The Labute approximate surface area is 115 Å². The summed E-state index contributed by atoms with van der Waals surface area (Å²) >= 11 is 0.